The Balaban J connectivity index is 1.53. The summed E-state index contributed by atoms with van der Waals surface area (Å²) in [5.74, 6) is -0.483. The van der Waals surface area contributed by atoms with E-state index in [9.17, 15) is 18.0 Å². The van der Waals surface area contributed by atoms with Crippen LogP contribution in [0.3, 0.4) is 0 Å². The number of amides is 2. The second-order valence-corrected chi connectivity index (χ2v) is 9.26. The molecule has 9 heteroatoms. The second-order valence-electron chi connectivity index (χ2n) is 7.35. The third-order valence-corrected chi connectivity index (χ3v) is 6.03. The van der Waals surface area contributed by atoms with Crippen LogP contribution < -0.4 is 5.32 Å². The van der Waals surface area contributed by atoms with Crippen molar-refractivity contribution in [2.45, 2.75) is 24.5 Å². The molecule has 2 amide bonds. The molecule has 1 aromatic carbocycles. The molecule has 8 nitrogen and oxygen atoms in total. The summed E-state index contributed by atoms with van der Waals surface area (Å²) >= 11 is 0. The fraction of sp³-hybridized carbons (Fsp3) is 0.286. The minimum atomic E-state index is -3.60. The summed E-state index contributed by atoms with van der Waals surface area (Å²) in [6, 6.07) is 12.2. The third-order valence-electron chi connectivity index (χ3n) is 5.08. The summed E-state index contributed by atoms with van der Waals surface area (Å²) in [7, 11) is -3.60. The van der Waals surface area contributed by atoms with E-state index in [2.05, 4.69) is 10.3 Å². The molecular weight excluding hydrogens is 404 g/mol. The van der Waals surface area contributed by atoms with Gasteiger partial charge in [0.25, 0.3) is 11.8 Å². The van der Waals surface area contributed by atoms with Gasteiger partial charge in [0.1, 0.15) is 0 Å². The Kier molecular flexibility index (Phi) is 5.29. The van der Waals surface area contributed by atoms with Crippen molar-refractivity contribution >= 4 is 27.2 Å². The Morgan fingerprint density at radius 1 is 1.10 bits per heavy atom. The topological polar surface area (TPSA) is 101 Å². The van der Waals surface area contributed by atoms with Gasteiger partial charge in [-0.3, -0.25) is 14.0 Å². The molecule has 0 aliphatic carbocycles. The number of nitrogens with one attached hydrogen (secondary N) is 1. The predicted molar refractivity (Wildman–Crippen MR) is 111 cm³/mol. The highest BCUT2D eigenvalue weighted by atomic mass is 32.2. The van der Waals surface area contributed by atoms with Crippen molar-refractivity contribution in [2.24, 2.45) is 0 Å². The summed E-state index contributed by atoms with van der Waals surface area (Å²) < 4.78 is 25.4. The molecule has 1 saturated heterocycles. The maximum atomic E-state index is 12.7. The molecule has 1 aliphatic heterocycles. The van der Waals surface area contributed by atoms with Crippen LogP contribution in [0, 0.1) is 0 Å². The zero-order chi connectivity index (χ0) is 21.3. The van der Waals surface area contributed by atoms with Gasteiger partial charge < -0.3 is 10.2 Å². The van der Waals surface area contributed by atoms with Gasteiger partial charge in [-0.2, -0.15) is 0 Å². The van der Waals surface area contributed by atoms with Gasteiger partial charge in [-0.25, -0.2) is 13.4 Å². The molecule has 3 aromatic rings. The van der Waals surface area contributed by atoms with Crippen molar-refractivity contribution in [3.63, 3.8) is 0 Å². The predicted octanol–water partition coefficient (Wildman–Crippen LogP) is 1.90. The van der Waals surface area contributed by atoms with Gasteiger partial charge in [-0.1, -0.05) is 18.2 Å². The monoisotopic (exact) mass is 426 g/mol. The van der Waals surface area contributed by atoms with E-state index in [0.717, 1.165) is 37.8 Å². The van der Waals surface area contributed by atoms with Gasteiger partial charge in [0, 0.05) is 37.7 Å². The molecule has 156 valence electrons. The van der Waals surface area contributed by atoms with Crippen LogP contribution in [0.25, 0.3) is 5.52 Å². The average Bonchev–Trinajstić information content (AvgIpc) is 3.39. The Morgan fingerprint density at radius 3 is 2.60 bits per heavy atom. The number of carbonyl (C=O) groups is 2. The zero-order valence-electron chi connectivity index (χ0n) is 16.5. The van der Waals surface area contributed by atoms with E-state index in [-0.39, 0.29) is 23.3 Å². The van der Waals surface area contributed by atoms with Crippen LogP contribution >= 0.6 is 0 Å². The molecule has 30 heavy (non-hydrogen) atoms. The van der Waals surface area contributed by atoms with E-state index >= 15 is 0 Å². The Labute approximate surface area is 174 Å². The van der Waals surface area contributed by atoms with Gasteiger partial charge in [-0.15, -0.1) is 0 Å². The minimum absolute atomic E-state index is 0.00133. The summed E-state index contributed by atoms with van der Waals surface area (Å²) in [4.78, 5) is 31.2. The van der Waals surface area contributed by atoms with Crippen LogP contribution in [-0.2, 0) is 16.4 Å². The minimum Gasteiger partial charge on any atom is -0.347 e. The second kappa shape index (κ2) is 7.91. The third kappa shape index (κ3) is 3.93. The molecular formula is C21H22N4O4S. The molecule has 1 N–H and O–H groups in total. The first-order chi connectivity index (χ1) is 14.3. The first-order valence-corrected chi connectivity index (χ1v) is 11.6. The summed E-state index contributed by atoms with van der Waals surface area (Å²) in [5.41, 5.74) is 1.82. The maximum Gasteiger partial charge on any atom is 0.272 e. The lowest BCUT2D eigenvalue weighted by Gasteiger charge is -2.15. The number of sulfone groups is 1. The number of likely N-dealkylation sites (tertiary alicyclic amines) is 1. The van der Waals surface area contributed by atoms with Gasteiger partial charge in [0.2, 0.25) is 15.0 Å². The Bertz CT molecular complexity index is 1230. The van der Waals surface area contributed by atoms with Crippen LogP contribution in [0.5, 0.6) is 0 Å². The van der Waals surface area contributed by atoms with E-state index in [1.54, 1.807) is 42.6 Å². The summed E-state index contributed by atoms with van der Waals surface area (Å²) in [5, 5.41) is 2.59. The molecule has 0 saturated carbocycles. The van der Waals surface area contributed by atoms with E-state index in [1.807, 2.05) is 11.0 Å². The number of imidazole rings is 1. The van der Waals surface area contributed by atoms with E-state index < -0.39 is 15.7 Å². The van der Waals surface area contributed by atoms with Crippen LogP contribution in [0.4, 0.5) is 0 Å². The molecule has 2 aromatic heterocycles. The van der Waals surface area contributed by atoms with Gasteiger partial charge in [-0.05, 0) is 42.7 Å². The standard InChI is InChI=1S/C21H22N4O4S/c1-30(28,29)21-23-18(17-9-2-3-12-25(17)21)19(26)22-14-15-7-6-8-16(13-15)20(27)24-10-4-5-11-24/h2-3,6-9,12-13H,4-5,10-11,14H2,1H3,(H,22,26). The Hall–Kier alpha value is -3.20. The summed E-state index contributed by atoms with van der Waals surface area (Å²) in [6.45, 7) is 1.74. The number of fused-ring (bicyclic) bond motifs is 1. The van der Waals surface area contributed by atoms with Crippen molar-refractivity contribution in [3.8, 4) is 0 Å². The van der Waals surface area contributed by atoms with Crippen molar-refractivity contribution in [1.29, 1.82) is 0 Å². The number of rotatable bonds is 5. The first kappa shape index (κ1) is 20.1. The quantitative estimate of drug-likeness (QED) is 0.672. The van der Waals surface area contributed by atoms with Crippen LogP contribution in [0.2, 0.25) is 0 Å². The molecule has 0 unspecified atom stereocenters. The van der Waals surface area contributed by atoms with Gasteiger partial charge in [0.15, 0.2) is 5.69 Å². The first-order valence-electron chi connectivity index (χ1n) is 9.68. The van der Waals surface area contributed by atoms with Crippen LogP contribution in [-0.4, -0.2) is 53.9 Å². The zero-order valence-corrected chi connectivity index (χ0v) is 17.4. The molecule has 1 aliphatic rings. The fourth-order valence-corrected chi connectivity index (χ4v) is 4.40. The normalized spacial score (nSPS) is 14.2. The molecule has 0 radical (unpaired) electrons. The lowest BCUT2D eigenvalue weighted by atomic mass is 10.1. The van der Waals surface area contributed by atoms with Crippen LogP contribution in [0.15, 0.2) is 53.8 Å². The highest BCUT2D eigenvalue weighted by Crippen LogP contribution is 2.18. The van der Waals surface area contributed by atoms with E-state index in [1.165, 1.54) is 4.40 Å². The van der Waals surface area contributed by atoms with Crippen molar-refractivity contribution in [2.75, 3.05) is 19.3 Å². The van der Waals surface area contributed by atoms with Crippen molar-refractivity contribution < 1.29 is 18.0 Å². The smallest absolute Gasteiger partial charge is 0.272 e. The number of hydrogen-bond acceptors (Lipinski definition) is 5. The molecule has 1 fully saturated rings. The summed E-state index contributed by atoms with van der Waals surface area (Å²) in [6.07, 6.45) is 4.66. The lowest BCUT2D eigenvalue weighted by Crippen LogP contribution is -2.28. The van der Waals surface area contributed by atoms with Crippen molar-refractivity contribution in [3.05, 3.63) is 65.5 Å². The van der Waals surface area contributed by atoms with E-state index in [4.69, 9.17) is 0 Å². The largest absolute Gasteiger partial charge is 0.347 e. The van der Waals surface area contributed by atoms with Crippen LogP contribution in [0.1, 0.15) is 39.3 Å². The lowest BCUT2D eigenvalue weighted by molar-refractivity contribution is 0.0792. The molecule has 0 spiro atoms. The molecule has 0 bridgehead atoms. The van der Waals surface area contributed by atoms with Crippen molar-refractivity contribution in [1.82, 2.24) is 19.6 Å². The SMILES string of the molecule is CS(=O)(=O)c1nc(C(=O)NCc2cccc(C(=O)N3CCCC3)c2)c2ccccn12. The number of aromatic nitrogens is 2. The maximum absolute atomic E-state index is 12.7. The molecule has 4 rings (SSSR count). The van der Waals surface area contributed by atoms with E-state index in [0.29, 0.717) is 11.1 Å². The number of benzene rings is 1. The number of hydrogen-bond donors (Lipinski definition) is 1. The molecule has 3 heterocycles. The van der Waals surface area contributed by atoms with Gasteiger partial charge >= 0.3 is 0 Å². The van der Waals surface area contributed by atoms with Gasteiger partial charge in [0.05, 0.1) is 5.52 Å². The highest BCUT2D eigenvalue weighted by molar-refractivity contribution is 7.90. The average molecular weight is 426 g/mol. The number of pyridine rings is 1. The number of carbonyl (C=O) groups excluding carboxylic acids is 2. The molecule has 0 atom stereocenters. The fourth-order valence-electron chi connectivity index (χ4n) is 3.62. The highest BCUT2D eigenvalue weighted by Gasteiger charge is 2.23. The Morgan fingerprint density at radius 2 is 1.87 bits per heavy atom. The number of nitrogens with zero attached hydrogens (tertiary/aromatic N) is 3.